The topological polar surface area (TPSA) is 93.7 Å². The van der Waals surface area contributed by atoms with E-state index in [2.05, 4.69) is 10.0 Å². The van der Waals surface area contributed by atoms with Crippen molar-refractivity contribution in [3.05, 3.63) is 60.7 Å². The molecule has 0 radical (unpaired) electrons. The molecule has 2 N–H and O–H groups in total. The number of anilines is 1. The third-order valence-corrected chi connectivity index (χ3v) is 6.21. The van der Waals surface area contributed by atoms with Gasteiger partial charge in [0.05, 0.1) is 17.7 Å². The molecule has 0 aromatic heterocycles. The number of methoxy groups -OCH3 is 1. The molecule has 0 unspecified atom stereocenters. The number of carbonyl (C=O) groups excluding carboxylic acids is 1. The Hall–Kier alpha value is -3.10. The first-order valence-corrected chi connectivity index (χ1v) is 11.3. The van der Waals surface area contributed by atoms with Gasteiger partial charge in [-0.25, -0.2) is 13.1 Å². The summed E-state index contributed by atoms with van der Waals surface area (Å²) >= 11 is 0. The summed E-state index contributed by atoms with van der Waals surface area (Å²) in [6.45, 7) is 5.09. The Morgan fingerprint density at radius 3 is 2.35 bits per heavy atom. The number of amides is 1. The first kappa shape index (κ1) is 22.6. The van der Waals surface area contributed by atoms with Crippen LogP contribution in [0, 0.1) is 0 Å². The van der Waals surface area contributed by atoms with Crippen LogP contribution in [0.2, 0.25) is 0 Å². The lowest BCUT2D eigenvalue weighted by atomic mass is 10.1. The molecule has 8 heteroatoms. The number of ether oxygens (including phenoxy) is 2. The molecule has 3 rings (SSSR count). The maximum absolute atomic E-state index is 12.8. The predicted octanol–water partition coefficient (Wildman–Crippen LogP) is 3.94. The number of benzene rings is 3. The molecule has 1 amide bonds. The van der Waals surface area contributed by atoms with Crippen LogP contribution in [0.5, 0.6) is 11.5 Å². The lowest BCUT2D eigenvalue weighted by Gasteiger charge is -2.18. The molecule has 164 valence electrons. The quantitative estimate of drug-likeness (QED) is 0.551. The Morgan fingerprint density at radius 1 is 0.935 bits per heavy atom. The molecule has 31 heavy (non-hydrogen) atoms. The van der Waals surface area contributed by atoms with E-state index in [1.807, 2.05) is 36.4 Å². The van der Waals surface area contributed by atoms with Gasteiger partial charge in [0, 0.05) is 11.4 Å². The second-order valence-corrected chi connectivity index (χ2v) is 9.08. The predicted molar refractivity (Wildman–Crippen MR) is 121 cm³/mol. The van der Waals surface area contributed by atoms with Crippen LogP contribution in [0.15, 0.2) is 65.6 Å². The first-order chi connectivity index (χ1) is 14.7. The Morgan fingerprint density at radius 2 is 1.65 bits per heavy atom. The van der Waals surface area contributed by atoms with Gasteiger partial charge in [-0.15, -0.1) is 0 Å². The van der Waals surface area contributed by atoms with Crippen molar-refractivity contribution in [1.29, 1.82) is 0 Å². The van der Waals surface area contributed by atoms with Crippen molar-refractivity contribution in [2.75, 3.05) is 12.4 Å². The molecule has 0 fully saturated rings. The van der Waals surface area contributed by atoms with Crippen LogP contribution in [0.25, 0.3) is 10.8 Å². The highest BCUT2D eigenvalue weighted by Gasteiger charge is 2.21. The van der Waals surface area contributed by atoms with Crippen molar-refractivity contribution >= 4 is 32.4 Å². The van der Waals surface area contributed by atoms with E-state index < -0.39 is 22.0 Å². The average Bonchev–Trinajstić information content (AvgIpc) is 2.73. The smallest absolute Gasteiger partial charge is 0.265 e. The number of fused-ring (bicyclic) bond motifs is 1. The third kappa shape index (κ3) is 5.34. The van der Waals surface area contributed by atoms with E-state index in [1.54, 1.807) is 26.8 Å². The Labute approximate surface area is 182 Å². The van der Waals surface area contributed by atoms with E-state index in [1.165, 1.54) is 25.3 Å². The van der Waals surface area contributed by atoms with Crippen LogP contribution in [-0.4, -0.2) is 33.6 Å². The highest BCUT2D eigenvalue weighted by Crippen LogP contribution is 2.29. The minimum Gasteiger partial charge on any atom is -0.495 e. The summed E-state index contributed by atoms with van der Waals surface area (Å²) in [6.07, 6.45) is -0.829. The molecule has 0 heterocycles. The molecule has 0 saturated heterocycles. The van der Waals surface area contributed by atoms with Crippen LogP contribution in [0.3, 0.4) is 0 Å². The van der Waals surface area contributed by atoms with Gasteiger partial charge in [-0.05, 0) is 50.4 Å². The summed E-state index contributed by atoms with van der Waals surface area (Å²) in [5.74, 6) is 0.497. The summed E-state index contributed by atoms with van der Waals surface area (Å²) in [5, 5.41) is 4.62. The molecule has 0 aliphatic carbocycles. The summed E-state index contributed by atoms with van der Waals surface area (Å²) in [7, 11) is -2.28. The molecule has 0 bridgehead atoms. The van der Waals surface area contributed by atoms with E-state index in [9.17, 15) is 13.2 Å². The molecule has 3 aromatic carbocycles. The highest BCUT2D eigenvalue weighted by molar-refractivity contribution is 7.89. The fraction of sp³-hybridized carbons (Fsp3) is 0.261. The van der Waals surface area contributed by atoms with Crippen LogP contribution in [-0.2, 0) is 14.8 Å². The van der Waals surface area contributed by atoms with Crippen molar-refractivity contribution in [3.63, 3.8) is 0 Å². The molecule has 3 aromatic rings. The maximum Gasteiger partial charge on any atom is 0.265 e. The molecule has 0 aliphatic rings. The third-order valence-electron chi connectivity index (χ3n) is 4.55. The molecule has 0 spiro atoms. The molecule has 1 atom stereocenters. The maximum atomic E-state index is 12.8. The van der Waals surface area contributed by atoms with Gasteiger partial charge in [0.25, 0.3) is 5.91 Å². The van der Waals surface area contributed by atoms with E-state index in [0.717, 1.165) is 10.8 Å². The minimum atomic E-state index is -3.72. The van der Waals surface area contributed by atoms with Crippen LogP contribution < -0.4 is 19.5 Å². The number of nitrogens with one attached hydrogen (secondary N) is 2. The van der Waals surface area contributed by atoms with Crippen molar-refractivity contribution in [2.45, 2.75) is 37.8 Å². The van der Waals surface area contributed by atoms with Crippen LogP contribution >= 0.6 is 0 Å². The number of hydrogen-bond donors (Lipinski definition) is 2. The van der Waals surface area contributed by atoms with Crippen molar-refractivity contribution in [1.82, 2.24) is 4.72 Å². The van der Waals surface area contributed by atoms with Crippen LogP contribution in [0.4, 0.5) is 5.69 Å². The normalized spacial score (nSPS) is 12.5. The summed E-state index contributed by atoms with van der Waals surface area (Å²) < 4.78 is 38.7. The number of carbonyl (C=O) groups is 1. The molecular weight excluding hydrogens is 416 g/mol. The fourth-order valence-corrected chi connectivity index (χ4v) is 4.38. The van der Waals surface area contributed by atoms with Gasteiger partial charge in [0.1, 0.15) is 11.5 Å². The van der Waals surface area contributed by atoms with Gasteiger partial charge >= 0.3 is 0 Å². The number of rotatable bonds is 8. The molecule has 0 saturated carbocycles. The van der Waals surface area contributed by atoms with Gasteiger partial charge in [0.15, 0.2) is 6.10 Å². The van der Waals surface area contributed by atoms with E-state index >= 15 is 0 Å². The van der Waals surface area contributed by atoms with E-state index in [4.69, 9.17) is 9.47 Å². The van der Waals surface area contributed by atoms with Gasteiger partial charge < -0.3 is 14.8 Å². The largest absolute Gasteiger partial charge is 0.495 e. The SMILES string of the molecule is COc1ccc(S(=O)(=O)NC(C)C)cc1NC(=O)[C@@H](C)Oc1cccc2ccccc12. The zero-order valence-electron chi connectivity index (χ0n) is 17.9. The van der Waals surface area contributed by atoms with E-state index in [0.29, 0.717) is 11.5 Å². The summed E-state index contributed by atoms with van der Waals surface area (Å²) in [5.41, 5.74) is 0.243. The second kappa shape index (κ2) is 9.36. The summed E-state index contributed by atoms with van der Waals surface area (Å²) in [6, 6.07) is 17.4. The van der Waals surface area contributed by atoms with Gasteiger partial charge in [0.2, 0.25) is 10.0 Å². The average molecular weight is 443 g/mol. The minimum absolute atomic E-state index is 0.0277. The number of sulfonamides is 1. The summed E-state index contributed by atoms with van der Waals surface area (Å²) in [4.78, 5) is 12.8. The lowest BCUT2D eigenvalue weighted by molar-refractivity contribution is -0.122. The molecule has 0 aliphatic heterocycles. The number of hydrogen-bond acceptors (Lipinski definition) is 5. The van der Waals surface area contributed by atoms with Gasteiger partial charge in [-0.3, -0.25) is 4.79 Å². The molecule has 7 nitrogen and oxygen atoms in total. The second-order valence-electron chi connectivity index (χ2n) is 7.36. The van der Waals surface area contributed by atoms with Gasteiger partial charge in [-0.1, -0.05) is 36.4 Å². The van der Waals surface area contributed by atoms with Crippen LogP contribution in [0.1, 0.15) is 20.8 Å². The van der Waals surface area contributed by atoms with Crippen molar-refractivity contribution < 1.29 is 22.7 Å². The zero-order chi connectivity index (χ0) is 22.6. The first-order valence-electron chi connectivity index (χ1n) is 9.87. The Bertz CT molecular complexity index is 1190. The highest BCUT2D eigenvalue weighted by atomic mass is 32.2. The van der Waals surface area contributed by atoms with E-state index in [-0.39, 0.29) is 16.6 Å². The molecular formula is C23H26N2O5S. The monoisotopic (exact) mass is 442 g/mol. The Kier molecular flexibility index (Phi) is 6.82. The fourth-order valence-electron chi connectivity index (χ4n) is 3.11. The van der Waals surface area contributed by atoms with Crippen molar-refractivity contribution in [3.8, 4) is 11.5 Å². The lowest BCUT2D eigenvalue weighted by Crippen LogP contribution is -2.31. The van der Waals surface area contributed by atoms with Crippen molar-refractivity contribution in [2.24, 2.45) is 0 Å². The zero-order valence-corrected chi connectivity index (χ0v) is 18.7. The standard InChI is InChI=1S/C23H26N2O5S/c1-15(2)25-31(27,28)18-12-13-22(29-4)20(14-18)24-23(26)16(3)30-21-11-7-9-17-8-5-6-10-19(17)21/h5-16,25H,1-4H3,(H,24,26)/t16-/m1/s1. The van der Waals surface area contributed by atoms with Gasteiger partial charge in [-0.2, -0.15) is 0 Å². The Balaban J connectivity index is 1.82.